The Labute approximate surface area is 180 Å². The van der Waals surface area contributed by atoms with E-state index in [0.717, 1.165) is 16.9 Å². The molecule has 1 heterocycles. The minimum absolute atomic E-state index is 0.140. The van der Waals surface area contributed by atoms with Crippen molar-refractivity contribution in [1.29, 1.82) is 0 Å². The average Bonchev–Trinajstić information content (AvgIpc) is 3.15. The van der Waals surface area contributed by atoms with Gasteiger partial charge in [0.15, 0.2) is 0 Å². The Balaban J connectivity index is 1.55. The number of amides is 2. The normalized spacial score (nSPS) is 10.9. The van der Waals surface area contributed by atoms with E-state index in [-0.39, 0.29) is 22.1 Å². The fraction of sp³-hybridized carbons (Fsp3) is 0.0526. The third-order valence-corrected chi connectivity index (χ3v) is 7.23. The second-order valence-electron chi connectivity index (χ2n) is 5.91. The van der Waals surface area contributed by atoms with Crippen LogP contribution in [0.3, 0.4) is 0 Å². The number of halogens is 1. The molecule has 0 spiro atoms. The summed E-state index contributed by atoms with van der Waals surface area (Å²) >= 11 is 4.32. The van der Waals surface area contributed by atoms with Gasteiger partial charge in [-0.3, -0.25) is 25.2 Å². The summed E-state index contributed by atoms with van der Waals surface area (Å²) in [6.45, 7) is 0. The number of sulfonamides is 1. The van der Waals surface area contributed by atoms with Crippen LogP contribution >= 0.6 is 27.3 Å². The molecule has 0 saturated heterocycles. The molecule has 7 nitrogen and oxygen atoms in total. The maximum Gasteiger partial charge on any atom is 0.271 e. The number of carbonyl (C=O) groups is 2. The van der Waals surface area contributed by atoms with Crippen LogP contribution in [-0.4, -0.2) is 20.2 Å². The van der Waals surface area contributed by atoms with Crippen molar-refractivity contribution in [2.24, 2.45) is 0 Å². The summed E-state index contributed by atoms with van der Waals surface area (Å²) in [6.07, 6.45) is 0.140. The summed E-state index contributed by atoms with van der Waals surface area (Å²) < 4.78 is 28.0. The van der Waals surface area contributed by atoms with Crippen LogP contribution in [0.5, 0.6) is 0 Å². The number of hydrogen-bond donors (Lipinski definition) is 3. The van der Waals surface area contributed by atoms with Crippen LogP contribution in [0.2, 0.25) is 0 Å². The molecule has 0 aliphatic carbocycles. The first-order chi connectivity index (χ1) is 13.8. The summed E-state index contributed by atoms with van der Waals surface area (Å²) in [5.74, 6) is -0.862. The molecule has 0 bridgehead atoms. The summed E-state index contributed by atoms with van der Waals surface area (Å²) in [4.78, 5) is 24.0. The molecule has 29 heavy (non-hydrogen) atoms. The van der Waals surface area contributed by atoms with Gasteiger partial charge in [-0.2, -0.15) is 0 Å². The third-order valence-electron chi connectivity index (χ3n) is 3.74. The Bertz CT molecular complexity index is 1110. The number of nitrogens with one attached hydrogen (secondary N) is 3. The van der Waals surface area contributed by atoms with Gasteiger partial charge in [-0.1, -0.05) is 30.3 Å². The van der Waals surface area contributed by atoms with Crippen molar-refractivity contribution in [1.82, 2.24) is 10.9 Å². The maximum absolute atomic E-state index is 12.3. The van der Waals surface area contributed by atoms with Crippen LogP contribution in [0, 0.1) is 0 Å². The molecule has 2 amide bonds. The highest BCUT2D eigenvalue weighted by atomic mass is 79.9. The molecule has 2 aromatic carbocycles. The summed E-state index contributed by atoms with van der Waals surface area (Å²) in [5.41, 5.74) is 6.10. The Kier molecular flexibility index (Phi) is 6.68. The van der Waals surface area contributed by atoms with Crippen molar-refractivity contribution in [2.75, 3.05) is 4.72 Å². The number of hydrazine groups is 1. The van der Waals surface area contributed by atoms with E-state index in [9.17, 15) is 18.0 Å². The number of thiophene rings is 1. The van der Waals surface area contributed by atoms with Crippen molar-refractivity contribution in [3.63, 3.8) is 0 Å². The van der Waals surface area contributed by atoms with E-state index >= 15 is 0 Å². The van der Waals surface area contributed by atoms with E-state index < -0.39 is 15.9 Å². The molecule has 3 aromatic rings. The van der Waals surface area contributed by atoms with Crippen LogP contribution in [0.15, 0.2) is 74.7 Å². The molecule has 3 rings (SSSR count). The lowest BCUT2D eigenvalue weighted by Gasteiger charge is -2.09. The first-order valence-electron chi connectivity index (χ1n) is 8.35. The first kappa shape index (κ1) is 21.0. The highest BCUT2D eigenvalue weighted by Crippen LogP contribution is 2.27. The van der Waals surface area contributed by atoms with Crippen molar-refractivity contribution >= 4 is 54.8 Å². The minimum Gasteiger partial charge on any atom is -0.279 e. The molecular weight excluding hydrogens is 478 g/mol. The van der Waals surface area contributed by atoms with Crippen LogP contribution in [0.25, 0.3) is 0 Å². The molecule has 0 unspecified atom stereocenters. The van der Waals surface area contributed by atoms with Crippen LogP contribution in [0.4, 0.5) is 5.69 Å². The Morgan fingerprint density at radius 2 is 1.59 bits per heavy atom. The molecule has 0 saturated carbocycles. The Hall–Kier alpha value is -2.69. The minimum atomic E-state index is -3.70. The van der Waals surface area contributed by atoms with Gasteiger partial charge in [0.25, 0.3) is 15.9 Å². The zero-order chi connectivity index (χ0) is 20.9. The SMILES string of the molecule is O=C(Cc1ccccc1)NNC(=O)c1ccc(NS(=O)(=O)c2ccc(Br)s2)cc1. The lowest BCUT2D eigenvalue weighted by atomic mass is 10.1. The van der Waals surface area contributed by atoms with Crippen molar-refractivity contribution < 1.29 is 18.0 Å². The molecule has 0 radical (unpaired) electrons. The third kappa shape index (κ3) is 5.89. The highest BCUT2D eigenvalue weighted by molar-refractivity contribution is 9.11. The highest BCUT2D eigenvalue weighted by Gasteiger charge is 2.17. The van der Waals surface area contributed by atoms with Gasteiger partial charge < -0.3 is 0 Å². The molecule has 150 valence electrons. The number of anilines is 1. The monoisotopic (exact) mass is 493 g/mol. The van der Waals surface area contributed by atoms with Crippen molar-refractivity contribution in [3.05, 3.63) is 81.6 Å². The Morgan fingerprint density at radius 3 is 2.21 bits per heavy atom. The number of hydrogen-bond acceptors (Lipinski definition) is 5. The van der Waals surface area contributed by atoms with Gasteiger partial charge in [-0.25, -0.2) is 8.42 Å². The number of benzene rings is 2. The molecule has 0 fully saturated rings. The standard InChI is InChI=1S/C19H16BrN3O4S2/c20-16-10-11-18(28-16)29(26,27)23-15-8-6-14(7-9-15)19(25)22-21-17(24)12-13-4-2-1-3-5-13/h1-11,23H,12H2,(H,21,24)(H,22,25). The molecular formula is C19H16BrN3O4S2. The van der Waals surface area contributed by atoms with Gasteiger partial charge in [-0.05, 0) is 57.9 Å². The number of carbonyl (C=O) groups excluding carboxylic acids is 2. The summed E-state index contributed by atoms with van der Waals surface area (Å²) in [6, 6.07) is 18.2. The van der Waals surface area contributed by atoms with Gasteiger partial charge in [0, 0.05) is 11.3 Å². The maximum atomic E-state index is 12.3. The van der Waals surface area contributed by atoms with Gasteiger partial charge in [-0.15, -0.1) is 11.3 Å². The topological polar surface area (TPSA) is 104 Å². The lowest BCUT2D eigenvalue weighted by Crippen LogP contribution is -2.42. The van der Waals surface area contributed by atoms with Crippen molar-refractivity contribution in [3.8, 4) is 0 Å². The van der Waals surface area contributed by atoms with E-state index in [0.29, 0.717) is 9.47 Å². The number of rotatable bonds is 6. The second-order valence-corrected chi connectivity index (χ2v) is 10.3. The molecule has 10 heteroatoms. The average molecular weight is 494 g/mol. The first-order valence-corrected chi connectivity index (χ1v) is 11.4. The Morgan fingerprint density at radius 1 is 0.897 bits per heavy atom. The predicted molar refractivity (Wildman–Crippen MR) is 115 cm³/mol. The van der Waals surface area contributed by atoms with E-state index in [1.165, 1.54) is 30.3 Å². The van der Waals surface area contributed by atoms with Gasteiger partial charge in [0.05, 0.1) is 10.2 Å². The molecule has 0 atom stereocenters. The lowest BCUT2D eigenvalue weighted by molar-refractivity contribution is -0.121. The van der Waals surface area contributed by atoms with E-state index in [1.54, 1.807) is 6.07 Å². The molecule has 1 aromatic heterocycles. The van der Waals surface area contributed by atoms with Gasteiger partial charge >= 0.3 is 0 Å². The smallest absolute Gasteiger partial charge is 0.271 e. The van der Waals surface area contributed by atoms with Gasteiger partial charge in [0.1, 0.15) is 4.21 Å². The predicted octanol–water partition coefficient (Wildman–Crippen LogP) is 3.32. The van der Waals surface area contributed by atoms with E-state index in [1.807, 2.05) is 30.3 Å². The van der Waals surface area contributed by atoms with Crippen LogP contribution in [0.1, 0.15) is 15.9 Å². The molecule has 0 aliphatic heterocycles. The zero-order valence-corrected chi connectivity index (χ0v) is 18.1. The largest absolute Gasteiger partial charge is 0.279 e. The van der Waals surface area contributed by atoms with E-state index in [2.05, 4.69) is 31.5 Å². The van der Waals surface area contributed by atoms with Crippen molar-refractivity contribution in [2.45, 2.75) is 10.6 Å². The van der Waals surface area contributed by atoms with Gasteiger partial charge in [0.2, 0.25) is 5.91 Å². The van der Waals surface area contributed by atoms with Crippen LogP contribution in [-0.2, 0) is 21.2 Å². The second kappa shape index (κ2) is 9.21. The summed E-state index contributed by atoms with van der Waals surface area (Å²) in [5, 5.41) is 0. The zero-order valence-electron chi connectivity index (χ0n) is 14.9. The fourth-order valence-corrected chi connectivity index (χ4v) is 5.43. The quantitative estimate of drug-likeness (QED) is 0.458. The fourth-order valence-electron chi connectivity index (χ4n) is 2.36. The molecule has 0 aliphatic rings. The molecule has 3 N–H and O–H groups in total. The van der Waals surface area contributed by atoms with Crippen LogP contribution < -0.4 is 15.6 Å². The summed E-state index contributed by atoms with van der Waals surface area (Å²) in [7, 11) is -3.70. The van der Waals surface area contributed by atoms with E-state index in [4.69, 9.17) is 0 Å².